The molecule has 0 aliphatic carbocycles. The van der Waals surface area contributed by atoms with E-state index < -0.39 is 23.8 Å². The van der Waals surface area contributed by atoms with Gasteiger partial charge in [-0.2, -0.15) is 0 Å². The lowest BCUT2D eigenvalue weighted by atomic mass is 9.84. The van der Waals surface area contributed by atoms with Crippen molar-refractivity contribution in [1.82, 2.24) is 0 Å². The Kier molecular flexibility index (Phi) is 8.74. The van der Waals surface area contributed by atoms with Crippen molar-refractivity contribution < 1.29 is 24.2 Å². The molecule has 3 atom stereocenters. The van der Waals surface area contributed by atoms with Crippen LogP contribution in [0.5, 0.6) is 0 Å². The van der Waals surface area contributed by atoms with Crippen molar-refractivity contribution >= 4 is 17.7 Å². The van der Waals surface area contributed by atoms with Crippen LogP contribution in [0.25, 0.3) is 11.1 Å². The van der Waals surface area contributed by atoms with Crippen LogP contribution in [0, 0.1) is 11.8 Å². The van der Waals surface area contributed by atoms with E-state index in [9.17, 15) is 14.4 Å². The number of rotatable bonds is 11. The normalized spacial score (nSPS) is 13.8. The van der Waals surface area contributed by atoms with Crippen LogP contribution in [0.1, 0.15) is 32.3 Å². The summed E-state index contributed by atoms with van der Waals surface area (Å²) in [6, 6.07) is 16.6. The molecule has 0 aliphatic heterocycles. The molecule has 0 saturated carbocycles. The summed E-state index contributed by atoms with van der Waals surface area (Å²) in [6.07, 6.45) is 0.423. The fourth-order valence-electron chi connectivity index (χ4n) is 3.36. The maximum absolute atomic E-state index is 12.8. The maximum Gasteiger partial charge on any atom is 0.320 e. The number of hydrogen-bond acceptors (Lipinski definition) is 5. The number of nitrogens with two attached hydrogens (primary N) is 1. The molecule has 2 aromatic rings. The predicted octanol–water partition coefficient (Wildman–Crippen LogP) is 3.47. The number of carbonyl (C=O) groups excluding carboxylic acids is 2. The fourth-order valence-corrected chi connectivity index (χ4v) is 3.36. The van der Waals surface area contributed by atoms with Crippen molar-refractivity contribution in [3.8, 4) is 11.1 Å². The van der Waals surface area contributed by atoms with Gasteiger partial charge in [0.05, 0.1) is 12.5 Å². The van der Waals surface area contributed by atoms with Gasteiger partial charge in [0.15, 0.2) is 0 Å². The van der Waals surface area contributed by atoms with E-state index in [1.54, 1.807) is 13.8 Å². The molecule has 160 valence electrons. The third-order valence-electron chi connectivity index (χ3n) is 5.06. The lowest BCUT2D eigenvalue weighted by Crippen LogP contribution is -2.35. The van der Waals surface area contributed by atoms with Gasteiger partial charge in [-0.25, -0.2) is 0 Å². The van der Waals surface area contributed by atoms with Gasteiger partial charge in [-0.1, -0.05) is 61.5 Å². The highest BCUT2D eigenvalue weighted by Crippen LogP contribution is 2.24. The maximum atomic E-state index is 12.8. The van der Waals surface area contributed by atoms with E-state index in [4.69, 9.17) is 15.6 Å². The molecule has 0 heterocycles. The number of ketones is 1. The van der Waals surface area contributed by atoms with Gasteiger partial charge in [0, 0.05) is 12.3 Å². The zero-order valence-corrected chi connectivity index (χ0v) is 17.4. The molecule has 3 unspecified atom stereocenters. The van der Waals surface area contributed by atoms with Gasteiger partial charge in [-0.15, -0.1) is 0 Å². The molecule has 0 bridgehead atoms. The first-order valence-corrected chi connectivity index (χ1v) is 10.1. The first kappa shape index (κ1) is 23.3. The minimum Gasteiger partial charge on any atom is -0.480 e. The summed E-state index contributed by atoms with van der Waals surface area (Å²) in [4.78, 5) is 35.9. The summed E-state index contributed by atoms with van der Waals surface area (Å²) in [7, 11) is 0. The van der Waals surface area contributed by atoms with Gasteiger partial charge >= 0.3 is 11.9 Å². The minimum atomic E-state index is -1.25. The highest BCUT2D eigenvalue weighted by atomic mass is 16.5. The summed E-state index contributed by atoms with van der Waals surface area (Å²) in [5.41, 5.74) is 8.66. The number of aliphatic carboxylic acids is 1. The van der Waals surface area contributed by atoms with Crippen molar-refractivity contribution in [3.63, 3.8) is 0 Å². The molecule has 6 nitrogen and oxygen atoms in total. The van der Waals surface area contributed by atoms with Crippen molar-refractivity contribution in [1.29, 1.82) is 0 Å². The molecule has 0 saturated heterocycles. The smallest absolute Gasteiger partial charge is 0.320 e. The first-order valence-electron chi connectivity index (χ1n) is 10.1. The van der Waals surface area contributed by atoms with Crippen LogP contribution in [0.15, 0.2) is 54.6 Å². The SMILES string of the molecule is CCOC(=O)C(C)CC(Cc1ccc(-c2ccccc2)cc1)C(=O)CC(N)C(=O)O. The van der Waals surface area contributed by atoms with Gasteiger partial charge in [-0.3, -0.25) is 14.4 Å². The van der Waals surface area contributed by atoms with Crippen molar-refractivity contribution in [3.05, 3.63) is 60.2 Å². The third-order valence-corrected chi connectivity index (χ3v) is 5.06. The Bertz CT molecular complexity index is 848. The Labute approximate surface area is 177 Å². The summed E-state index contributed by atoms with van der Waals surface area (Å²) in [6.45, 7) is 3.72. The van der Waals surface area contributed by atoms with E-state index in [0.29, 0.717) is 6.42 Å². The molecule has 3 N–H and O–H groups in total. The van der Waals surface area contributed by atoms with E-state index >= 15 is 0 Å². The van der Waals surface area contributed by atoms with Crippen molar-refractivity contribution in [2.45, 2.75) is 39.2 Å². The Hall–Kier alpha value is -2.99. The van der Waals surface area contributed by atoms with Crippen LogP contribution in [-0.2, 0) is 25.5 Å². The van der Waals surface area contributed by atoms with Gasteiger partial charge in [0.25, 0.3) is 0 Å². The van der Waals surface area contributed by atoms with E-state index in [2.05, 4.69) is 0 Å². The minimum absolute atomic E-state index is 0.256. The predicted molar refractivity (Wildman–Crippen MR) is 115 cm³/mol. The van der Waals surface area contributed by atoms with E-state index in [0.717, 1.165) is 16.7 Å². The second kappa shape index (κ2) is 11.3. The Balaban J connectivity index is 2.15. The van der Waals surface area contributed by atoms with Crippen LogP contribution in [-0.4, -0.2) is 35.5 Å². The molecule has 0 aliphatic rings. The molecule has 0 radical (unpaired) electrons. The molecule has 0 fully saturated rings. The molecular weight excluding hydrogens is 382 g/mol. The second-order valence-electron chi connectivity index (χ2n) is 7.47. The lowest BCUT2D eigenvalue weighted by molar-refractivity contribution is -0.148. The number of hydrogen-bond donors (Lipinski definition) is 2. The number of ether oxygens (including phenoxy) is 1. The fraction of sp³-hybridized carbons (Fsp3) is 0.375. The molecular formula is C24H29NO5. The number of Topliss-reactive ketones (excluding diaryl/α,β-unsaturated/α-hetero) is 1. The molecule has 2 rings (SSSR count). The highest BCUT2D eigenvalue weighted by molar-refractivity contribution is 5.87. The van der Waals surface area contributed by atoms with Crippen LogP contribution in [0.3, 0.4) is 0 Å². The summed E-state index contributed by atoms with van der Waals surface area (Å²) >= 11 is 0. The lowest BCUT2D eigenvalue weighted by Gasteiger charge is -2.20. The molecule has 2 aromatic carbocycles. The van der Waals surface area contributed by atoms with Gasteiger partial charge in [-0.05, 0) is 36.5 Å². The number of carboxylic acid groups (broad SMARTS) is 1. The molecule has 6 heteroatoms. The number of esters is 1. The van der Waals surface area contributed by atoms with Crippen molar-refractivity contribution in [2.24, 2.45) is 17.6 Å². The molecule has 0 spiro atoms. The number of carbonyl (C=O) groups is 3. The third kappa shape index (κ3) is 6.81. The summed E-state index contributed by atoms with van der Waals surface area (Å²) < 4.78 is 5.05. The number of carboxylic acids is 1. The van der Waals surface area contributed by atoms with Crippen molar-refractivity contribution in [2.75, 3.05) is 6.61 Å². The van der Waals surface area contributed by atoms with Gasteiger partial charge < -0.3 is 15.6 Å². The van der Waals surface area contributed by atoms with E-state index in [-0.39, 0.29) is 31.2 Å². The van der Waals surface area contributed by atoms with E-state index in [1.165, 1.54) is 0 Å². The van der Waals surface area contributed by atoms with Crippen LogP contribution in [0.4, 0.5) is 0 Å². The molecule has 0 aromatic heterocycles. The van der Waals surface area contributed by atoms with Crippen LogP contribution < -0.4 is 5.73 Å². The van der Waals surface area contributed by atoms with Crippen LogP contribution in [0.2, 0.25) is 0 Å². The standard InChI is InChI=1S/C24H29NO5/c1-3-30-24(29)16(2)13-20(22(26)15-21(25)23(27)28)14-17-9-11-19(12-10-17)18-7-5-4-6-8-18/h4-12,16,20-21H,3,13-15,25H2,1-2H3,(H,27,28). The number of benzene rings is 2. The zero-order chi connectivity index (χ0) is 22.1. The quantitative estimate of drug-likeness (QED) is 0.548. The van der Waals surface area contributed by atoms with Gasteiger partial charge in [0.2, 0.25) is 0 Å². The van der Waals surface area contributed by atoms with Gasteiger partial charge in [0.1, 0.15) is 11.8 Å². The Morgan fingerprint density at radius 3 is 2.17 bits per heavy atom. The second-order valence-corrected chi connectivity index (χ2v) is 7.47. The highest BCUT2D eigenvalue weighted by Gasteiger charge is 2.28. The van der Waals surface area contributed by atoms with Crippen LogP contribution >= 0.6 is 0 Å². The summed E-state index contributed by atoms with van der Waals surface area (Å²) in [5.74, 6) is -2.82. The topological polar surface area (TPSA) is 107 Å². The largest absolute Gasteiger partial charge is 0.480 e. The van der Waals surface area contributed by atoms with E-state index in [1.807, 2.05) is 54.6 Å². The Morgan fingerprint density at radius 2 is 1.60 bits per heavy atom. The molecule has 30 heavy (non-hydrogen) atoms. The summed E-state index contributed by atoms with van der Waals surface area (Å²) in [5, 5.41) is 9.03. The Morgan fingerprint density at radius 1 is 1.00 bits per heavy atom. The monoisotopic (exact) mass is 411 g/mol. The molecule has 0 amide bonds. The average Bonchev–Trinajstić information content (AvgIpc) is 2.74. The first-order chi connectivity index (χ1) is 14.3. The average molecular weight is 411 g/mol. The zero-order valence-electron chi connectivity index (χ0n) is 17.4.